The first kappa shape index (κ1) is 22.4. The Morgan fingerprint density at radius 3 is 2.35 bits per heavy atom. The molecule has 0 spiro atoms. The van der Waals surface area contributed by atoms with E-state index < -0.39 is 0 Å². The molecule has 5 heteroatoms. The Hall–Kier alpha value is -1.63. The van der Waals surface area contributed by atoms with E-state index in [0.29, 0.717) is 6.54 Å². The largest absolute Gasteiger partial charge is 0.357 e. The molecule has 1 heterocycles. The first-order valence-corrected chi connectivity index (χ1v) is 9.00. The number of hydrogen-bond acceptors (Lipinski definition) is 2. The summed E-state index contributed by atoms with van der Waals surface area (Å²) >= 11 is 0. The molecular formula is C21H31IN4. The number of rotatable bonds is 6. The van der Waals surface area contributed by atoms with Gasteiger partial charge < -0.3 is 10.6 Å². The molecule has 0 saturated carbocycles. The van der Waals surface area contributed by atoms with Crippen molar-refractivity contribution < 1.29 is 0 Å². The number of benzene rings is 1. The minimum Gasteiger partial charge on any atom is -0.357 e. The molecule has 0 aliphatic rings. The lowest BCUT2D eigenvalue weighted by atomic mass is 9.86. The molecule has 0 aliphatic heterocycles. The van der Waals surface area contributed by atoms with E-state index in [2.05, 4.69) is 72.6 Å². The van der Waals surface area contributed by atoms with Gasteiger partial charge in [-0.1, -0.05) is 51.1 Å². The van der Waals surface area contributed by atoms with Crippen molar-refractivity contribution in [1.82, 2.24) is 15.6 Å². The van der Waals surface area contributed by atoms with Crippen molar-refractivity contribution in [3.8, 4) is 0 Å². The van der Waals surface area contributed by atoms with Crippen LogP contribution in [0.15, 0.2) is 53.7 Å². The molecule has 26 heavy (non-hydrogen) atoms. The summed E-state index contributed by atoms with van der Waals surface area (Å²) in [4.78, 5) is 8.90. The van der Waals surface area contributed by atoms with Crippen LogP contribution in [0.3, 0.4) is 0 Å². The lowest BCUT2D eigenvalue weighted by Crippen LogP contribution is -2.38. The van der Waals surface area contributed by atoms with Crippen LogP contribution in [-0.4, -0.2) is 24.0 Å². The number of nitrogens with one attached hydrogen (secondary N) is 2. The van der Waals surface area contributed by atoms with Gasteiger partial charge in [0.05, 0.1) is 12.2 Å². The van der Waals surface area contributed by atoms with Crippen LogP contribution in [0.4, 0.5) is 0 Å². The fourth-order valence-electron chi connectivity index (χ4n) is 2.49. The number of aromatic nitrogens is 1. The molecule has 0 bridgehead atoms. The SMILES string of the molecule is CCNC(=NCc1ccccn1)NCCc1ccc(C(C)(C)C)cc1.I. The lowest BCUT2D eigenvalue weighted by Gasteiger charge is -2.19. The number of aliphatic imine (C=N–C) groups is 1. The van der Waals surface area contributed by atoms with Crippen molar-refractivity contribution in [1.29, 1.82) is 0 Å². The summed E-state index contributed by atoms with van der Waals surface area (Å²) in [6.07, 6.45) is 2.77. The van der Waals surface area contributed by atoms with E-state index in [4.69, 9.17) is 0 Å². The lowest BCUT2D eigenvalue weighted by molar-refractivity contribution is 0.590. The topological polar surface area (TPSA) is 49.3 Å². The summed E-state index contributed by atoms with van der Waals surface area (Å²) in [6, 6.07) is 14.8. The molecule has 2 aromatic rings. The van der Waals surface area contributed by atoms with Crippen LogP contribution in [0.1, 0.15) is 44.5 Å². The van der Waals surface area contributed by atoms with Crippen molar-refractivity contribution in [2.75, 3.05) is 13.1 Å². The number of halogens is 1. The second kappa shape index (κ2) is 11.2. The smallest absolute Gasteiger partial charge is 0.191 e. The molecule has 1 aromatic carbocycles. The van der Waals surface area contributed by atoms with Gasteiger partial charge in [0.2, 0.25) is 0 Å². The van der Waals surface area contributed by atoms with Gasteiger partial charge in [-0.15, -0.1) is 24.0 Å². The van der Waals surface area contributed by atoms with Crippen LogP contribution in [0.2, 0.25) is 0 Å². The number of guanidine groups is 1. The van der Waals surface area contributed by atoms with Gasteiger partial charge in [-0.2, -0.15) is 0 Å². The predicted octanol–water partition coefficient (Wildman–Crippen LogP) is 4.29. The number of nitrogens with zero attached hydrogens (tertiary/aromatic N) is 2. The Morgan fingerprint density at radius 2 is 1.77 bits per heavy atom. The monoisotopic (exact) mass is 466 g/mol. The van der Waals surface area contributed by atoms with Gasteiger partial charge in [0.25, 0.3) is 0 Å². The first-order chi connectivity index (χ1) is 12.0. The van der Waals surface area contributed by atoms with Gasteiger partial charge in [-0.3, -0.25) is 4.98 Å². The first-order valence-electron chi connectivity index (χ1n) is 9.00. The third-order valence-corrected chi connectivity index (χ3v) is 4.00. The molecule has 0 atom stereocenters. The third-order valence-electron chi connectivity index (χ3n) is 4.00. The zero-order valence-corrected chi connectivity index (χ0v) is 18.6. The van der Waals surface area contributed by atoms with Gasteiger partial charge >= 0.3 is 0 Å². The van der Waals surface area contributed by atoms with Crippen molar-refractivity contribution in [2.45, 2.75) is 46.1 Å². The van der Waals surface area contributed by atoms with E-state index in [1.54, 1.807) is 6.20 Å². The summed E-state index contributed by atoms with van der Waals surface area (Å²) in [5.41, 5.74) is 3.88. The zero-order chi connectivity index (χ0) is 18.1. The number of hydrogen-bond donors (Lipinski definition) is 2. The molecule has 2 rings (SSSR count). The molecule has 0 fully saturated rings. The van der Waals surface area contributed by atoms with Gasteiger partial charge in [0.1, 0.15) is 0 Å². The van der Waals surface area contributed by atoms with Crippen LogP contribution in [0, 0.1) is 0 Å². The highest BCUT2D eigenvalue weighted by Crippen LogP contribution is 2.22. The summed E-state index contributed by atoms with van der Waals surface area (Å²) in [7, 11) is 0. The second-order valence-corrected chi connectivity index (χ2v) is 7.14. The van der Waals surface area contributed by atoms with E-state index in [9.17, 15) is 0 Å². The van der Waals surface area contributed by atoms with Crippen molar-refractivity contribution in [2.24, 2.45) is 4.99 Å². The Balaban J connectivity index is 0.00000338. The molecule has 0 unspecified atom stereocenters. The molecule has 0 aliphatic carbocycles. The summed E-state index contributed by atoms with van der Waals surface area (Å²) in [5, 5.41) is 6.67. The molecule has 4 nitrogen and oxygen atoms in total. The van der Waals surface area contributed by atoms with E-state index in [1.165, 1.54) is 11.1 Å². The summed E-state index contributed by atoms with van der Waals surface area (Å²) in [5.74, 6) is 0.833. The number of pyridine rings is 1. The average Bonchev–Trinajstić information content (AvgIpc) is 2.60. The van der Waals surface area contributed by atoms with Crippen LogP contribution in [0.5, 0.6) is 0 Å². The molecule has 0 saturated heterocycles. The maximum atomic E-state index is 4.59. The minimum absolute atomic E-state index is 0. The second-order valence-electron chi connectivity index (χ2n) is 7.14. The Kier molecular flexibility index (Phi) is 9.62. The molecule has 142 valence electrons. The molecule has 0 radical (unpaired) electrons. The van der Waals surface area contributed by atoms with Crippen molar-refractivity contribution >= 4 is 29.9 Å². The average molecular weight is 466 g/mol. The van der Waals surface area contributed by atoms with Gasteiger partial charge in [-0.05, 0) is 42.0 Å². The summed E-state index contributed by atoms with van der Waals surface area (Å²) < 4.78 is 0. The maximum Gasteiger partial charge on any atom is 0.191 e. The van der Waals surface area contributed by atoms with Crippen LogP contribution < -0.4 is 10.6 Å². The van der Waals surface area contributed by atoms with E-state index in [-0.39, 0.29) is 29.4 Å². The highest BCUT2D eigenvalue weighted by atomic mass is 127. The van der Waals surface area contributed by atoms with Gasteiger partial charge in [0, 0.05) is 19.3 Å². The van der Waals surface area contributed by atoms with Crippen LogP contribution >= 0.6 is 24.0 Å². The standard InChI is InChI=1S/C21H30N4.HI/c1-5-22-20(25-16-19-8-6-7-14-23-19)24-15-13-17-9-11-18(12-10-17)21(2,3)4;/h6-12,14H,5,13,15-16H2,1-4H3,(H2,22,24,25);1H. The quantitative estimate of drug-likeness (QED) is 0.379. The highest BCUT2D eigenvalue weighted by Gasteiger charge is 2.12. The zero-order valence-electron chi connectivity index (χ0n) is 16.2. The van der Waals surface area contributed by atoms with Gasteiger partial charge in [0.15, 0.2) is 5.96 Å². The van der Waals surface area contributed by atoms with E-state index in [1.807, 2.05) is 18.2 Å². The van der Waals surface area contributed by atoms with Crippen molar-refractivity contribution in [3.63, 3.8) is 0 Å². The summed E-state index contributed by atoms with van der Waals surface area (Å²) in [6.45, 7) is 11.1. The Labute approximate surface area is 174 Å². The predicted molar refractivity (Wildman–Crippen MR) is 121 cm³/mol. The Morgan fingerprint density at radius 1 is 1.04 bits per heavy atom. The molecule has 2 N–H and O–H groups in total. The molecule has 1 aromatic heterocycles. The Bertz CT molecular complexity index is 661. The fraction of sp³-hybridized carbons (Fsp3) is 0.429. The van der Waals surface area contributed by atoms with Crippen LogP contribution in [0.25, 0.3) is 0 Å². The van der Waals surface area contributed by atoms with Crippen LogP contribution in [-0.2, 0) is 18.4 Å². The van der Waals surface area contributed by atoms with E-state index in [0.717, 1.165) is 31.2 Å². The molecular weight excluding hydrogens is 435 g/mol. The minimum atomic E-state index is 0. The van der Waals surface area contributed by atoms with Gasteiger partial charge in [-0.25, -0.2) is 4.99 Å². The molecule has 0 amide bonds. The normalized spacial score (nSPS) is 11.6. The maximum absolute atomic E-state index is 4.59. The fourth-order valence-corrected chi connectivity index (χ4v) is 2.49. The van der Waals surface area contributed by atoms with E-state index >= 15 is 0 Å². The highest BCUT2D eigenvalue weighted by molar-refractivity contribution is 14.0. The third kappa shape index (κ3) is 7.72. The van der Waals surface area contributed by atoms with Crippen molar-refractivity contribution in [3.05, 3.63) is 65.5 Å².